The van der Waals surface area contributed by atoms with Crippen LogP contribution < -0.4 is 5.73 Å². The second-order valence-corrected chi connectivity index (χ2v) is 6.77. The Labute approximate surface area is 119 Å². The van der Waals surface area contributed by atoms with Crippen molar-refractivity contribution in [1.29, 1.82) is 0 Å². The third-order valence-electron chi connectivity index (χ3n) is 3.23. The van der Waals surface area contributed by atoms with Gasteiger partial charge in [0.05, 0.1) is 0 Å². The van der Waals surface area contributed by atoms with Crippen LogP contribution in [0.3, 0.4) is 0 Å². The number of benzene rings is 1. The van der Waals surface area contributed by atoms with Crippen molar-refractivity contribution in [3.8, 4) is 0 Å². The number of nitrogen functional groups attached to an aromatic ring is 1. The molecule has 0 spiro atoms. The van der Waals surface area contributed by atoms with Crippen molar-refractivity contribution in [3.05, 3.63) is 24.4 Å². The standard InChI is InChI=1S/C14H21N3O2S/c1-3-7-17(8-4-2)20(18,19)14-10-16-13-9-11(15)5-6-12(13)14/h5-6,9-10,16H,3-4,7-8,15H2,1-2H3. The van der Waals surface area contributed by atoms with Crippen LogP contribution in [0.1, 0.15) is 26.7 Å². The monoisotopic (exact) mass is 295 g/mol. The lowest BCUT2D eigenvalue weighted by Crippen LogP contribution is -2.32. The summed E-state index contributed by atoms with van der Waals surface area (Å²) in [5.74, 6) is 0. The number of aromatic nitrogens is 1. The van der Waals surface area contributed by atoms with E-state index in [2.05, 4.69) is 4.98 Å². The molecule has 0 aliphatic heterocycles. The number of nitrogens with one attached hydrogen (secondary N) is 1. The summed E-state index contributed by atoms with van der Waals surface area (Å²) in [4.78, 5) is 3.32. The van der Waals surface area contributed by atoms with E-state index in [1.165, 1.54) is 0 Å². The number of H-pyrrole nitrogens is 1. The molecular formula is C14H21N3O2S. The van der Waals surface area contributed by atoms with Gasteiger partial charge in [0.1, 0.15) is 4.90 Å². The van der Waals surface area contributed by atoms with Gasteiger partial charge in [-0.1, -0.05) is 13.8 Å². The molecule has 1 aromatic heterocycles. The Bertz CT molecular complexity index is 686. The van der Waals surface area contributed by atoms with Gasteiger partial charge in [0.15, 0.2) is 0 Å². The first-order valence-corrected chi connectivity index (χ1v) is 8.31. The molecule has 0 saturated heterocycles. The van der Waals surface area contributed by atoms with Gasteiger partial charge in [-0.2, -0.15) is 4.31 Å². The van der Waals surface area contributed by atoms with Gasteiger partial charge in [0.25, 0.3) is 0 Å². The second-order valence-electron chi connectivity index (χ2n) is 4.86. The first kappa shape index (κ1) is 14.9. The van der Waals surface area contributed by atoms with Crippen LogP contribution in [0, 0.1) is 0 Å². The summed E-state index contributed by atoms with van der Waals surface area (Å²) in [6.07, 6.45) is 3.15. The summed E-state index contributed by atoms with van der Waals surface area (Å²) < 4.78 is 27.0. The van der Waals surface area contributed by atoms with Crippen LogP contribution in [-0.4, -0.2) is 30.8 Å². The lowest BCUT2D eigenvalue weighted by molar-refractivity contribution is 0.410. The summed E-state index contributed by atoms with van der Waals surface area (Å²) >= 11 is 0. The van der Waals surface area contributed by atoms with Crippen LogP contribution >= 0.6 is 0 Å². The molecular weight excluding hydrogens is 274 g/mol. The Kier molecular flexibility index (Phi) is 4.35. The molecule has 6 heteroatoms. The first-order chi connectivity index (χ1) is 9.50. The first-order valence-electron chi connectivity index (χ1n) is 6.87. The molecule has 0 bridgehead atoms. The highest BCUT2D eigenvalue weighted by molar-refractivity contribution is 7.89. The minimum absolute atomic E-state index is 0.328. The van der Waals surface area contributed by atoms with Crippen molar-refractivity contribution in [2.75, 3.05) is 18.8 Å². The van der Waals surface area contributed by atoms with Gasteiger partial charge < -0.3 is 10.7 Å². The minimum Gasteiger partial charge on any atom is -0.399 e. The molecule has 5 nitrogen and oxygen atoms in total. The van der Waals surface area contributed by atoms with E-state index in [0.717, 1.165) is 18.4 Å². The number of rotatable bonds is 6. The maximum Gasteiger partial charge on any atom is 0.245 e. The number of aromatic amines is 1. The van der Waals surface area contributed by atoms with Crippen molar-refractivity contribution >= 4 is 26.6 Å². The molecule has 2 aromatic rings. The molecule has 0 radical (unpaired) electrons. The molecule has 0 atom stereocenters. The molecule has 0 unspecified atom stereocenters. The maximum absolute atomic E-state index is 12.7. The summed E-state index contributed by atoms with van der Waals surface area (Å²) in [6.45, 7) is 5.04. The maximum atomic E-state index is 12.7. The van der Waals surface area contributed by atoms with Crippen molar-refractivity contribution < 1.29 is 8.42 Å². The van der Waals surface area contributed by atoms with Gasteiger partial charge in [-0.25, -0.2) is 8.42 Å². The summed E-state index contributed by atoms with van der Waals surface area (Å²) in [5.41, 5.74) is 7.08. The van der Waals surface area contributed by atoms with E-state index >= 15 is 0 Å². The SMILES string of the molecule is CCCN(CCC)S(=O)(=O)c1c[nH]c2cc(N)ccc12. The molecule has 20 heavy (non-hydrogen) atoms. The number of hydrogen-bond acceptors (Lipinski definition) is 3. The number of anilines is 1. The number of nitrogens with zero attached hydrogens (tertiary/aromatic N) is 1. The molecule has 1 heterocycles. The highest BCUT2D eigenvalue weighted by atomic mass is 32.2. The molecule has 110 valence electrons. The van der Waals surface area contributed by atoms with Gasteiger partial charge in [0, 0.05) is 35.9 Å². The Hall–Kier alpha value is -1.53. The Morgan fingerprint density at radius 2 is 1.85 bits per heavy atom. The Morgan fingerprint density at radius 3 is 2.45 bits per heavy atom. The normalized spacial score (nSPS) is 12.3. The predicted octanol–water partition coefficient (Wildman–Crippen LogP) is 2.56. The van der Waals surface area contributed by atoms with E-state index in [-0.39, 0.29) is 0 Å². The fourth-order valence-corrected chi connectivity index (χ4v) is 4.11. The Morgan fingerprint density at radius 1 is 1.20 bits per heavy atom. The predicted molar refractivity (Wildman–Crippen MR) is 82.1 cm³/mol. The van der Waals surface area contributed by atoms with Crippen LogP contribution in [0.25, 0.3) is 10.9 Å². The van der Waals surface area contributed by atoms with E-state index in [1.54, 1.807) is 28.7 Å². The van der Waals surface area contributed by atoms with Crippen LogP contribution in [0.4, 0.5) is 5.69 Å². The van der Waals surface area contributed by atoms with Gasteiger partial charge in [0.2, 0.25) is 10.0 Å². The van der Waals surface area contributed by atoms with E-state index in [0.29, 0.717) is 29.1 Å². The van der Waals surface area contributed by atoms with Crippen molar-refractivity contribution in [2.45, 2.75) is 31.6 Å². The summed E-state index contributed by atoms with van der Waals surface area (Å²) in [7, 11) is -3.46. The highest BCUT2D eigenvalue weighted by Crippen LogP contribution is 2.27. The van der Waals surface area contributed by atoms with Gasteiger partial charge in [-0.05, 0) is 31.0 Å². The van der Waals surface area contributed by atoms with Gasteiger partial charge >= 0.3 is 0 Å². The third kappa shape index (κ3) is 2.66. The molecule has 0 amide bonds. The molecule has 1 aromatic carbocycles. The van der Waals surface area contributed by atoms with Crippen molar-refractivity contribution in [3.63, 3.8) is 0 Å². The fourth-order valence-electron chi connectivity index (χ4n) is 2.32. The van der Waals surface area contributed by atoms with E-state index in [1.807, 2.05) is 13.8 Å². The van der Waals surface area contributed by atoms with Gasteiger partial charge in [-0.3, -0.25) is 0 Å². The zero-order chi connectivity index (χ0) is 14.8. The second kappa shape index (κ2) is 5.85. The number of hydrogen-bond donors (Lipinski definition) is 2. The molecule has 0 saturated carbocycles. The largest absolute Gasteiger partial charge is 0.399 e. The third-order valence-corrected chi connectivity index (χ3v) is 5.17. The molecule has 2 rings (SSSR count). The lowest BCUT2D eigenvalue weighted by Gasteiger charge is -2.20. The minimum atomic E-state index is -3.46. The highest BCUT2D eigenvalue weighted by Gasteiger charge is 2.25. The molecule has 0 aliphatic rings. The van der Waals surface area contributed by atoms with Gasteiger partial charge in [-0.15, -0.1) is 0 Å². The molecule has 0 fully saturated rings. The lowest BCUT2D eigenvalue weighted by atomic mass is 10.2. The average molecular weight is 295 g/mol. The number of nitrogens with two attached hydrogens (primary N) is 1. The number of fused-ring (bicyclic) bond motifs is 1. The zero-order valence-corrected chi connectivity index (χ0v) is 12.7. The zero-order valence-electron chi connectivity index (χ0n) is 11.9. The molecule has 0 aliphatic carbocycles. The van der Waals surface area contributed by atoms with E-state index in [9.17, 15) is 8.42 Å². The summed E-state index contributed by atoms with van der Waals surface area (Å²) in [5, 5.41) is 0.691. The van der Waals surface area contributed by atoms with Crippen LogP contribution in [0.2, 0.25) is 0 Å². The topological polar surface area (TPSA) is 79.2 Å². The summed E-state index contributed by atoms with van der Waals surface area (Å²) in [6, 6.07) is 5.22. The van der Waals surface area contributed by atoms with E-state index < -0.39 is 10.0 Å². The quantitative estimate of drug-likeness (QED) is 0.804. The van der Waals surface area contributed by atoms with Crippen LogP contribution in [0.5, 0.6) is 0 Å². The molecule has 3 N–H and O–H groups in total. The average Bonchev–Trinajstić information content (AvgIpc) is 2.82. The number of sulfonamides is 1. The van der Waals surface area contributed by atoms with Crippen LogP contribution in [0.15, 0.2) is 29.3 Å². The van der Waals surface area contributed by atoms with Crippen molar-refractivity contribution in [2.24, 2.45) is 0 Å². The smallest absolute Gasteiger partial charge is 0.245 e. The van der Waals surface area contributed by atoms with Crippen molar-refractivity contribution in [1.82, 2.24) is 9.29 Å². The van der Waals surface area contributed by atoms with Crippen LogP contribution in [-0.2, 0) is 10.0 Å². The van der Waals surface area contributed by atoms with E-state index in [4.69, 9.17) is 5.73 Å². The Balaban J connectivity index is 2.50. The fraction of sp³-hybridized carbons (Fsp3) is 0.429.